The van der Waals surface area contributed by atoms with Crippen LogP contribution in [0.4, 0.5) is 0 Å². The summed E-state index contributed by atoms with van der Waals surface area (Å²) in [6, 6.07) is 14.3. The van der Waals surface area contributed by atoms with Gasteiger partial charge in [0.05, 0.1) is 7.11 Å². The number of ether oxygens (including phenoxy) is 1. The molecule has 0 heterocycles. The second-order valence-electron chi connectivity index (χ2n) is 7.04. The Hall–Kier alpha value is -2.82. The zero-order chi connectivity index (χ0) is 19.8. The van der Waals surface area contributed by atoms with Gasteiger partial charge in [0.2, 0.25) is 5.91 Å². The van der Waals surface area contributed by atoms with Crippen molar-refractivity contribution in [1.82, 2.24) is 10.6 Å². The Morgan fingerprint density at radius 1 is 1.04 bits per heavy atom. The van der Waals surface area contributed by atoms with Crippen LogP contribution in [0.25, 0.3) is 0 Å². The van der Waals surface area contributed by atoms with Gasteiger partial charge in [-0.1, -0.05) is 44.2 Å². The van der Waals surface area contributed by atoms with Gasteiger partial charge in [-0.2, -0.15) is 0 Å². The Morgan fingerprint density at radius 3 is 2.30 bits per heavy atom. The third kappa shape index (κ3) is 6.13. The summed E-state index contributed by atoms with van der Waals surface area (Å²) >= 11 is 0. The van der Waals surface area contributed by atoms with Crippen LogP contribution in [0.2, 0.25) is 0 Å². The summed E-state index contributed by atoms with van der Waals surface area (Å²) < 4.78 is 5.14. The Balaban J connectivity index is 2.02. The molecule has 2 aromatic rings. The van der Waals surface area contributed by atoms with E-state index in [1.54, 1.807) is 13.2 Å². The number of carbonyl (C=O) groups excluding carboxylic acids is 2. The Kier molecular flexibility index (Phi) is 7.41. The molecule has 0 aliphatic rings. The average Bonchev–Trinajstić information content (AvgIpc) is 2.65. The van der Waals surface area contributed by atoms with Crippen molar-refractivity contribution in [3.05, 3.63) is 65.2 Å². The lowest BCUT2D eigenvalue weighted by Crippen LogP contribution is -2.47. The van der Waals surface area contributed by atoms with Crippen LogP contribution in [0, 0.1) is 12.8 Å². The first-order valence-corrected chi connectivity index (χ1v) is 9.17. The van der Waals surface area contributed by atoms with Crippen molar-refractivity contribution in [2.45, 2.75) is 39.8 Å². The van der Waals surface area contributed by atoms with Crippen LogP contribution in [0.15, 0.2) is 48.5 Å². The summed E-state index contributed by atoms with van der Waals surface area (Å²) in [6.45, 7) is 6.35. The van der Waals surface area contributed by atoms with Gasteiger partial charge < -0.3 is 15.4 Å². The summed E-state index contributed by atoms with van der Waals surface area (Å²) in [7, 11) is 1.62. The molecule has 0 fully saturated rings. The molecule has 2 rings (SSSR count). The fourth-order valence-electron chi connectivity index (χ4n) is 2.82. The molecule has 0 bridgehead atoms. The highest BCUT2D eigenvalue weighted by Gasteiger charge is 2.22. The molecule has 0 spiro atoms. The molecule has 5 nitrogen and oxygen atoms in total. The molecular formula is C22H28N2O3. The largest absolute Gasteiger partial charge is 0.497 e. The smallest absolute Gasteiger partial charge is 0.252 e. The van der Waals surface area contributed by atoms with Crippen LogP contribution in [0.3, 0.4) is 0 Å². The average molecular weight is 368 g/mol. The predicted octanol–water partition coefficient (Wildman–Crippen LogP) is 3.46. The van der Waals surface area contributed by atoms with Crippen molar-refractivity contribution in [3.63, 3.8) is 0 Å². The number of amides is 2. The van der Waals surface area contributed by atoms with Crippen molar-refractivity contribution in [3.8, 4) is 5.75 Å². The van der Waals surface area contributed by atoms with E-state index in [4.69, 9.17) is 4.74 Å². The lowest BCUT2D eigenvalue weighted by Gasteiger charge is -2.21. The van der Waals surface area contributed by atoms with Crippen molar-refractivity contribution < 1.29 is 14.3 Å². The standard InChI is InChI=1S/C22H28N2O3/c1-15(2)13-20(24-21(25)19-8-6-5-7-16(19)3)22(26)23-14-17-9-11-18(27-4)12-10-17/h5-12,15,20H,13-14H2,1-4H3,(H,23,26)(H,24,25)/t20-/m0/s1. The van der Waals surface area contributed by atoms with Gasteiger partial charge in [0, 0.05) is 12.1 Å². The van der Waals surface area contributed by atoms with Gasteiger partial charge in [-0.05, 0) is 48.6 Å². The molecule has 0 aliphatic carbocycles. The van der Waals surface area contributed by atoms with Crippen molar-refractivity contribution in [1.29, 1.82) is 0 Å². The number of nitrogens with one attached hydrogen (secondary N) is 2. The van der Waals surface area contributed by atoms with Crippen LogP contribution in [0.5, 0.6) is 5.75 Å². The third-order valence-electron chi connectivity index (χ3n) is 4.34. The molecule has 2 amide bonds. The second kappa shape index (κ2) is 9.76. The lowest BCUT2D eigenvalue weighted by atomic mass is 10.0. The van der Waals surface area contributed by atoms with E-state index >= 15 is 0 Å². The maximum absolute atomic E-state index is 12.7. The quantitative estimate of drug-likeness (QED) is 0.750. The van der Waals surface area contributed by atoms with E-state index in [0.29, 0.717) is 18.5 Å². The lowest BCUT2D eigenvalue weighted by molar-refractivity contribution is -0.123. The summed E-state index contributed by atoms with van der Waals surface area (Å²) in [5.74, 6) is 0.645. The maximum atomic E-state index is 12.7. The van der Waals surface area contributed by atoms with Gasteiger partial charge in [0.1, 0.15) is 11.8 Å². The Labute approximate surface area is 161 Å². The summed E-state index contributed by atoms with van der Waals surface area (Å²) in [5.41, 5.74) is 2.45. The number of rotatable bonds is 8. The van der Waals surface area contributed by atoms with E-state index in [1.165, 1.54) is 0 Å². The van der Waals surface area contributed by atoms with Gasteiger partial charge in [-0.25, -0.2) is 0 Å². The zero-order valence-corrected chi connectivity index (χ0v) is 16.4. The van der Waals surface area contributed by atoms with E-state index in [2.05, 4.69) is 10.6 Å². The van der Waals surface area contributed by atoms with E-state index in [9.17, 15) is 9.59 Å². The van der Waals surface area contributed by atoms with Gasteiger partial charge in [-0.15, -0.1) is 0 Å². The molecular weight excluding hydrogens is 340 g/mol. The molecule has 27 heavy (non-hydrogen) atoms. The molecule has 0 aromatic heterocycles. The number of methoxy groups -OCH3 is 1. The number of aryl methyl sites for hydroxylation is 1. The highest BCUT2D eigenvalue weighted by molar-refractivity contribution is 5.98. The first-order valence-electron chi connectivity index (χ1n) is 9.17. The first-order chi connectivity index (χ1) is 12.9. The molecule has 0 aliphatic heterocycles. The minimum absolute atomic E-state index is 0.179. The van der Waals surface area contributed by atoms with E-state index in [-0.39, 0.29) is 17.7 Å². The Morgan fingerprint density at radius 2 is 1.70 bits per heavy atom. The molecule has 0 unspecified atom stereocenters. The highest BCUT2D eigenvalue weighted by atomic mass is 16.5. The maximum Gasteiger partial charge on any atom is 0.252 e. The third-order valence-corrected chi connectivity index (χ3v) is 4.34. The minimum atomic E-state index is -0.574. The van der Waals surface area contributed by atoms with E-state index < -0.39 is 6.04 Å². The fourth-order valence-corrected chi connectivity index (χ4v) is 2.82. The van der Waals surface area contributed by atoms with Gasteiger partial charge in [0.25, 0.3) is 5.91 Å². The van der Waals surface area contributed by atoms with Crippen LogP contribution in [0.1, 0.15) is 41.8 Å². The Bertz CT molecular complexity index is 769. The van der Waals surface area contributed by atoms with Crippen molar-refractivity contribution >= 4 is 11.8 Å². The number of hydrogen-bond donors (Lipinski definition) is 2. The summed E-state index contributed by atoms with van der Waals surface area (Å²) in [5, 5.41) is 5.81. The molecule has 5 heteroatoms. The number of benzene rings is 2. The summed E-state index contributed by atoms with van der Waals surface area (Å²) in [4.78, 5) is 25.3. The monoisotopic (exact) mass is 368 g/mol. The molecule has 0 saturated heterocycles. The number of carbonyl (C=O) groups is 2. The first kappa shape index (κ1) is 20.5. The minimum Gasteiger partial charge on any atom is -0.497 e. The molecule has 2 aromatic carbocycles. The van der Waals surface area contributed by atoms with E-state index in [0.717, 1.165) is 16.9 Å². The van der Waals surface area contributed by atoms with Gasteiger partial charge in [0.15, 0.2) is 0 Å². The normalized spacial score (nSPS) is 11.7. The fraction of sp³-hybridized carbons (Fsp3) is 0.364. The number of hydrogen-bond acceptors (Lipinski definition) is 3. The molecule has 144 valence electrons. The SMILES string of the molecule is COc1ccc(CNC(=O)[C@H](CC(C)C)NC(=O)c2ccccc2C)cc1. The second-order valence-corrected chi connectivity index (χ2v) is 7.04. The van der Waals surface area contributed by atoms with E-state index in [1.807, 2.05) is 63.2 Å². The topological polar surface area (TPSA) is 67.4 Å². The summed E-state index contributed by atoms with van der Waals surface area (Å²) in [6.07, 6.45) is 0.575. The predicted molar refractivity (Wildman–Crippen MR) is 107 cm³/mol. The zero-order valence-electron chi connectivity index (χ0n) is 16.4. The molecule has 1 atom stereocenters. The highest BCUT2D eigenvalue weighted by Crippen LogP contribution is 2.12. The van der Waals surface area contributed by atoms with Crippen molar-refractivity contribution in [2.75, 3.05) is 7.11 Å². The van der Waals surface area contributed by atoms with Crippen LogP contribution in [-0.4, -0.2) is 25.0 Å². The molecule has 2 N–H and O–H groups in total. The molecule has 0 radical (unpaired) electrons. The van der Waals surface area contributed by atoms with Crippen LogP contribution < -0.4 is 15.4 Å². The van der Waals surface area contributed by atoms with Gasteiger partial charge >= 0.3 is 0 Å². The van der Waals surface area contributed by atoms with Crippen LogP contribution >= 0.6 is 0 Å². The van der Waals surface area contributed by atoms with Gasteiger partial charge in [-0.3, -0.25) is 9.59 Å². The molecule has 0 saturated carbocycles. The van der Waals surface area contributed by atoms with Crippen LogP contribution in [-0.2, 0) is 11.3 Å². The van der Waals surface area contributed by atoms with Crippen molar-refractivity contribution in [2.24, 2.45) is 5.92 Å².